The van der Waals surface area contributed by atoms with E-state index in [9.17, 15) is 22.8 Å². The predicted octanol–water partition coefficient (Wildman–Crippen LogP) is 2.50. The number of hydrogen-bond donors (Lipinski definition) is 2. The van der Waals surface area contributed by atoms with Crippen LogP contribution in [-0.4, -0.2) is 84.2 Å². The van der Waals surface area contributed by atoms with Crippen LogP contribution >= 0.6 is 0 Å². The van der Waals surface area contributed by atoms with Crippen LogP contribution in [0.1, 0.15) is 12.0 Å². The molecule has 37 heavy (non-hydrogen) atoms. The van der Waals surface area contributed by atoms with Crippen LogP contribution in [0.15, 0.2) is 29.3 Å². The molecule has 0 bridgehead atoms. The van der Waals surface area contributed by atoms with Gasteiger partial charge in [-0.1, -0.05) is 0 Å². The Labute approximate surface area is 210 Å². The molecule has 2 N–H and O–H groups in total. The lowest BCUT2D eigenvalue weighted by Gasteiger charge is -2.42. The fourth-order valence-corrected chi connectivity index (χ4v) is 4.52. The molecule has 11 nitrogen and oxygen atoms in total. The first-order chi connectivity index (χ1) is 17.4. The number of alkyl halides is 3. The number of likely N-dealkylation sites (N-methyl/N-ethyl adjacent to an activating group) is 1. The van der Waals surface area contributed by atoms with Crippen molar-refractivity contribution in [1.29, 1.82) is 0 Å². The molecule has 0 radical (unpaired) electrons. The summed E-state index contributed by atoms with van der Waals surface area (Å²) in [6.07, 6.45) is -2.11. The largest absolute Gasteiger partial charge is 0.417 e. The third-order valence-corrected chi connectivity index (χ3v) is 6.57. The van der Waals surface area contributed by atoms with E-state index in [2.05, 4.69) is 25.4 Å². The maximum atomic E-state index is 13.2. The van der Waals surface area contributed by atoms with Gasteiger partial charge in [0.25, 0.3) is 5.56 Å². The molecule has 1 fully saturated rings. The average molecular weight is 523 g/mol. The van der Waals surface area contributed by atoms with Crippen molar-refractivity contribution in [3.05, 3.63) is 40.4 Å². The standard InChI is InChI=1S/C23H29F3N8O3/c1-31(2)20-15-9-14(10-27-19(15)29-30-20)34-7-6-17(18(12-34)37-5)33(4)22(36)28-16-8-13(23(24,25)26)11-32(3)21(16)35/h8-11,17-18H,6-7,12H2,1-5H3,(H,28,36)(H,27,29,30)/t17-,18-/m1/s1. The van der Waals surface area contributed by atoms with Crippen molar-refractivity contribution in [3.63, 3.8) is 0 Å². The lowest BCUT2D eigenvalue weighted by Crippen LogP contribution is -2.56. The Morgan fingerprint density at radius 3 is 2.65 bits per heavy atom. The van der Waals surface area contributed by atoms with Gasteiger partial charge < -0.3 is 29.3 Å². The molecule has 0 aromatic carbocycles. The smallest absolute Gasteiger partial charge is 0.377 e. The summed E-state index contributed by atoms with van der Waals surface area (Å²) in [7, 11) is 8.06. The molecule has 3 aromatic heterocycles. The second-order valence-corrected chi connectivity index (χ2v) is 9.20. The molecule has 0 aliphatic carbocycles. The number of nitrogens with zero attached hydrogens (tertiary/aromatic N) is 6. The lowest BCUT2D eigenvalue weighted by molar-refractivity contribution is -0.138. The van der Waals surface area contributed by atoms with Crippen molar-refractivity contribution in [1.82, 2.24) is 24.6 Å². The highest BCUT2D eigenvalue weighted by Crippen LogP contribution is 2.31. The van der Waals surface area contributed by atoms with Crippen molar-refractivity contribution < 1.29 is 22.7 Å². The van der Waals surface area contributed by atoms with Crippen LogP contribution in [-0.2, 0) is 18.0 Å². The van der Waals surface area contributed by atoms with E-state index in [1.165, 1.54) is 26.1 Å². The average Bonchev–Trinajstić information content (AvgIpc) is 3.28. The van der Waals surface area contributed by atoms with Crippen LogP contribution in [0.25, 0.3) is 11.0 Å². The van der Waals surface area contributed by atoms with E-state index in [4.69, 9.17) is 4.74 Å². The van der Waals surface area contributed by atoms with Gasteiger partial charge in [0.1, 0.15) is 5.69 Å². The third kappa shape index (κ3) is 5.19. The number of rotatable bonds is 5. The number of halogens is 3. The second-order valence-electron chi connectivity index (χ2n) is 9.20. The van der Waals surface area contributed by atoms with Gasteiger partial charge in [-0.2, -0.15) is 18.3 Å². The van der Waals surface area contributed by atoms with E-state index in [1.807, 2.05) is 25.1 Å². The van der Waals surface area contributed by atoms with E-state index < -0.39 is 35.1 Å². The molecule has 2 amide bonds. The highest BCUT2D eigenvalue weighted by atomic mass is 19.4. The van der Waals surface area contributed by atoms with Gasteiger partial charge >= 0.3 is 12.2 Å². The first-order valence-electron chi connectivity index (χ1n) is 11.5. The summed E-state index contributed by atoms with van der Waals surface area (Å²) in [5.74, 6) is 0.764. The normalized spacial score (nSPS) is 18.2. The maximum Gasteiger partial charge on any atom is 0.417 e. The number of methoxy groups -OCH3 is 1. The number of fused-ring (bicyclic) bond motifs is 1. The van der Waals surface area contributed by atoms with Crippen LogP contribution in [0.3, 0.4) is 0 Å². The van der Waals surface area contributed by atoms with Gasteiger partial charge in [0, 0.05) is 54.6 Å². The molecular formula is C23H29F3N8O3. The molecule has 1 aliphatic rings. The van der Waals surface area contributed by atoms with E-state index in [-0.39, 0.29) is 6.04 Å². The van der Waals surface area contributed by atoms with Crippen molar-refractivity contribution in [2.45, 2.75) is 24.7 Å². The summed E-state index contributed by atoms with van der Waals surface area (Å²) in [4.78, 5) is 35.1. The number of carbonyl (C=O) groups is 1. The van der Waals surface area contributed by atoms with Crippen LogP contribution < -0.4 is 20.7 Å². The minimum absolute atomic E-state index is 0.376. The molecule has 0 spiro atoms. The molecular weight excluding hydrogens is 493 g/mol. The Bertz CT molecular complexity index is 1350. The number of carbonyl (C=O) groups excluding carboxylic acids is 1. The van der Waals surface area contributed by atoms with Crippen LogP contribution in [0.2, 0.25) is 0 Å². The van der Waals surface area contributed by atoms with Gasteiger partial charge in [-0.3, -0.25) is 9.89 Å². The molecule has 4 rings (SSSR count). The minimum Gasteiger partial charge on any atom is -0.377 e. The van der Waals surface area contributed by atoms with E-state index in [0.717, 1.165) is 21.5 Å². The number of nitrogens with one attached hydrogen (secondary N) is 2. The molecule has 1 aliphatic heterocycles. The first kappa shape index (κ1) is 26.3. The van der Waals surface area contributed by atoms with Crippen molar-refractivity contribution in [2.75, 3.05) is 56.5 Å². The Morgan fingerprint density at radius 1 is 1.27 bits per heavy atom. The topological polar surface area (TPSA) is 112 Å². The number of pyridine rings is 2. The number of amides is 2. The van der Waals surface area contributed by atoms with E-state index >= 15 is 0 Å². The van der Waals surface area contributed by atoms with E-state index in [1.54, 1.807) is 6.20 Å². The summed E-state index contributed by atoms with van der Waals surface area (Å²) in [5.41, 5.74) is -0.681. The summed E-state index contributed by atoms with van der Waals surface area (Å²) in [6.45, 7) is 1.03. The van der Waals surface area contributed by atoms with Gasteiger partial charge in [-0.25, -0.2) is 9.78 Å². The fourth-order valence-electron chi connectivity index (χ4n) is 4.52. The van der Waals surface area contributed by atoms with Crippen molar-refractivity contribution in [2.24, 2.45) is 7.05 Å². The fraction of sp³-hybridized carbons (Fsp3) is 0.478. The Hall–Kier alpha value is -3.81. The number of H-pyrrole nitrogens is 1. The molecule has 2 atom stereocenters. The van der Waals surface area contributed by atoms with Crippen LogP contribution in [0.5, 0.6) is 0 Å². The lowest BCUT2D eigenvalue weighted by atomic mass is 10.00. The molecule has 3 aromatic rings. The Kier molecular flexibility index (Phi) is 7.04. The molecule has 4 heterocycles. The highest BCUT2D eigenvalue weighted by molar-refractivity contribution is 5.90. The van der Waals surface area contributed by atoms with Crippen molar-refractivity contribution in [3.8, 4) is 0 Å². The molecule has 0 saturated carbocycles. The van der Waals surface area contributed by atoms with Crippen LogP contribution in [0, 0.1) is 0 Å². The highest BCUT2D eigenvalue weighted by Gasteiger charge is 2.36. The number of anilines is 3. The van der Waals surface area contributed by atoms with Gasteiger partial charge in [-0.05, 0) is 18.6 Å². The number of urea groups is 1. The summed E-state index contributed by atoms with van der Waals surface area (Å²) in [5, 5.41) is 10.4. The first-order valence-corrected chi connectivity index (χ1v) is 11.5. The van der Waals surface area contributed by atoms with Crippen molar-refractivity contribution >= 4 is 34.3 Å². The van der Waals surface area contributed by atoms with Gasteiger partial charge in [-0.15, -0.1) is 0 Å². The summed E-state index contributed by atoms with van der Waals surface area (Å²) < 4.78 is 46.1. The minimum atomic E-state index is -4.66. The van der Waals surface area contributed by atoms with Gasteiger partial charge in [0.15, 0.2) is 11.5 Å². The number of hydrogen-bond acceptors (Lipinski definition) is 7. The number of aromatic amines is 1. The number of ether oxygens (including phenoxy) is 1. The van der Waals surface area contributed by atoms with Gasteiger partial charge in [0.05, 0.1) is 35.0 Å². The molecule has 200 valence electrons. The zero-order valence-corrected chi connectivity index (χ0v) is 21.1. The zero-order valence-electron chi connectivity index (χ0n) is 21.1. The second kappa shape index (κ2) is 9.92. The molecule has 0 unspecified atom stereocenters. The summed E-state index contributed by atoms with van der Waals surface area (Å²) in [6, 6.07) is 1.56. The Morgan fingerprint density at radius 2 is 2.00 bits per heavy atom. The predicted molar refractivity (Wildman–Crippen MR) is 133 cm³/mol. The summed E-state index contributed by atoms with van der Waals surface area (Å²) >= 11 is 0. The van der Waals surface area contributed by atoms with Crippen LogP contribution in [0.4, 0.5) is 35.2 Å². The maximum absolute atomic E-state index is 13.2. The quantitative estimate of drug-likeness (QED) is 0.530. The zero-order chi connectivity index (χ0) is 27.1. The number of aryl methyl sites for hydroxylation is 1. The molecule has 1 saturated heterocycles. The number of aromatic nitrogens is 4. The molecule has 14 heteroatoms. The van der Waals surface area contributed by atoms with E-state index in [0.29, 0.717) is 37.4 Å². The monoisotopic (exact) mass is 522 g/mol. The Balaban J connectivity index is 1.50. The number of piperidine rings is 1. The SMILES string of the molecule is CO[C@@H]1CN(c2cnc3[nH]nc(N(C)C)c3c2)CC[C@H]1N(C)C(=O)Nc1cc(C(F)(F)F)cn(C)c1=O. The van der Waals surface area contributed by atoms with Gasteiger partial charge in [0.2, 0.25) is 0 Å². The third-order valence-electron chi connectivity index (χ3n) is 6.57.